The van der Waals surface area contributed by atoms with Gasteiger partial charge in [-0.05, 0) is 13.8 Å². The third-order valence-corrected chi connectivity index (χ3v) is 2.04. The number of amides is 1. The number of nitrogens with one attached hydrogen (secondary N) is 1. The number of anilines is 1. The maximum Gasteiger partial charge on any atom is 0.273 e. The molecular weight excluding hydrogens is 228 g/mol. The molecule has 0 bridgehead atoms. The third-order valence-electron chi connectivity index (χ3n) is 1.78. The Balaban J connectivity index is 2.95. The van der Waals surface area contributed by atoms with E-state index in [9.17, 15) is 4.79 Å². The zero-order valence-electron chi connectivity index (χ0n) is 9.78. The molecule has 1 heterocycles. The van der Waals surface area contributed by atoms with Crippen LogP contribution in [0.5, 0.6) is 0 Å². The second kappa shape index (κ2) is 5.12. The molecule has 88 valence electrons. The summed E-state index contributed by atoms with van der Waals surface area (Å²) in [5.74, 6) is 0.275. The molecule has 0 radical (unpaired) electrons. The van der Waals surface area contributed by atoms with Crippen molar-refractivity contribution in [2.24, 2.45) is 0 Å². The van der Waals surface area contributed by atoms with Crippen LogP contribution in [0.1, 0.15) is 24.3 Å². The highest BCUT2D eigenvalue weighted by Gasteiger charge is 2.13. The highest BCUT2D eigenvalue weighted by atomic mass is 35.5. The molecule has 6 heteroatoms. The standard InChI is InChI=1S/C10H15ClN4O/c1-6(2)13-9-8(11)14-7(5-12-9)10(16)15(3)4/h5-6H,1-4H3,(H,12,13). The molecule has 0 aliphatic carbocycles. The summed E-state index contributed by atoms with van der Waals surface area (Å²) < 4.78 is 0. The lowest BCUT2D eigenvalue weighted by molar-refractivity contribution is 0.0821. The van der Waals surface area contributed by atoms with E-state index in [1.807, 2.05) is 13.8 Å². The topological polar surface area (TPSA) is 58.1 Å². The van der Waals surface area contributed by atoms with Crippen LogP contribution in [0.15, 0.2) is 6.20 Å². The second-order valence-electron chi connectivity index (χ2n) is 3.89. The van der Waals surface area contributed by atoms with E-state index in [0.29, 0.717) is 5.82 Å². The molecule has 1 aromatic heterocycles. The number of carbonyl (C=O) groups is 1. The van der Waals surface area contributed by atoms with Gasteiger partial charge in [0.1, 0.15) is 5.69 Å². The maximum absolute atomic E-state index is 11.6. The van der Waals surface area contributed by atoms with Crippen molar-refractivity contribution in [3.63, 3.8) is 0 Å². The first-order valence-corrected chi connectivity index (χ1v) is 5.30. The summed E-state index contributed by atoms with van der Waals surface area (Å²) in [7, 11) is 3.30. The summed E-state index contributed by atoms with van der Waals surface area (Å²) >= 11 is 5.92. The highest BCUT2D eigenvalue weighted by molar-refractivity contribution is 6.31. The quantitative estimate of drug-likeness (QED) is 0.876. The number of aromatic nitrogens is 2. The minimum atomic E-state index is -0.217. The van der Waals surface area contributed by atoms with Gasteiger partial charge in [0, 0.05) is 20.1 Å². The molecule has 1 rings (SSSR count). The first-order valence-electron chi connectivity index (χ1n) is 4.92. The molecule has 0 aliphatic heterocycles. The Morgan fingerprint density at radius 2 is 2.12 bits per heavy atom. The second-order valence-corrected chi connectivity index (χ2v) is 4.25. The van der Waals surface area contributed by atoms with Crippen LogP contribution in [0.4, 0.5) is 5.82 Å². The van der Waals surface area contributed by atoms with Crippen LogP contribution >= 0.6 is 11.6 Å². The van der Waals surface area contributed by atoms with Crippen LogP contribution in [-0.2, 0) is 0 Å². The summed E-state index contributed by atoms with van der Waals surface area (Å²) in [6.45, 7) is 3.94. The van der Waals surface area contributed by atoms with Gasteiger partial charge in [0.2, 0.25) is 0 Å². The minimum Gasteiger partial charge on any atom is -0.365 e. The molecule has 0 atom stereocenters. The molecule has 0 fully saturated rings. The van der Waals surface area contributed by atoms with Crippen molar-refractivity contribution in [3.8, 4) is 0 Å². The Morgan fingerprint density at radius 1 is 1.50 bits per heavy atom. The summed E-state index contributed by atoms with van der Waals surface area (Å²) in [6.07, 6.45) is 1.42. The van der Waals surface area contributed by atoms with E-state index in [2.05, 4.69) is 15.3 Å². The normalized spacial score (nSPS) is 10.4. The van der Waals surface area contributed by atoms with E-state index in [-0.39, 0.29) is 22.8 Å². The largest absolute Gasteiger partial charge is 0.365 e. The number of hydrogen-bond acceptors (Lipinski definition) is 4. The van der Waals surface area contributed by atoms with E-state index in [4.69, 9.17) is 11.6 Å². The maximum atomic E-state index is 11.6. The molecule has 1 amide bonds. The van der Waals surface area contributed by atoms with Crippen LogP contribution in [0.25, 0.3) is 0 Å². The SMILES string of the molecule is CC(C)Nc1ncc(C(=O)N(C)C)nc1Cl. The highest BCUT2D eigenvalue weighted by Crippen LogP contribution is 2.17. The van der Waals surface area contributed by atoms with E-state index >= 15 is 0 Å². The molecule has 16 heavy (non-hydrogen) atoms. The first kappa shape index (κ1) is 12.7. The van der Waals surface area contributed by atoms with E-state index in [1.165, 1.54) is 11.1 Å². The van der Waals surface area contributed by atoms with Gasteiger partial charge >= 0.3 is 0 Å². The molecule has 0 unspecified atom stereocenters. The molecule has 5 nitrogen and oxygen atoms in total. The fourth-order valence-electron chi connectivity index (χ4n) is 1.07. The van der Waals surface area contributed by atoms with Crippen LogP contribution < -0.4 is 5.32 Å². The van der Waals surface area contributed by atoms with Gasteiger partial charge in [-0.15, -0.1) is 0 Å². The summed E-state index contributed by atoms with van der Waals surface area (Å²) in [5, 5.41) is 3.25. The van der Waals surface area contributed by atoms with E-state index in [0.717, 1.165) is 0 Å². The lowest BCUT2D eigenvalue weighted by Gasteiger charge is -2.12. The van der Waals surface area contributed by atoms with Gasteiger partial charge in [0.15, 0.2) is 11.0 Å². The summed E-state index contributed by atoms with van der Waals surface area (Å²) in [4.78, 5) is 21.1. The van der Waals surface area contributed by atoms with Gasteiger partial charge in [-0.2, -0.15) is 0 Å². The van der Waals surface area contributed by atoms with Gasteiger partial charge in [-0.25, -0.2) is 9.97 Å². The lowest BCUT2D eigenvalue weighted by atomic mass is 10.4. The molecule has 0 saturated carbocycles. The van der Waals surface area contributed by atoms with Crippen molar-refractivity contribution >= 4 is 23.3 Å². The van der Waals surface area contributed by atoms with E-state index < -0.39 is 0 Å². The number of rotatable bonds is 3. The van der Waals surface area contributed by atoms with Crippen molar-refractivity contribution < 1.29 is 4.79 Å². The number of nitrogens with zero attached hydrogens (tertiary/aromatic N) is 3. The van der Waals surface area contributed by atoms with Crippen molar-refractivity contribution in [1.29, 1.82) is 0 Å². The van der Waals surface area contributed by atoms with Crippen LogP contribution in [0, 0.1) is 0 Å². The van der Waals surface area contributed by atoms with Gasteiger partial charge in [0.05, 0.1) is 6.20 Å². The summed E-state index contributed by atoms with van der Waals surface area (Å²) in [6, 6.07) is 0.210. The zero-order chi connectivity index (χ0) is 12.3. The van der Waals surface area contributed by atoms with Gasteiger partial charge in [-0.1, -0.05) is 11.6 Å². The van der Waals surface area contributed by atoms with Crippen LogP contribution in [0.3, 0.4) is 0 Å². The molecule has 0 saturated heterocycles. The van der Waals surface area contributed by atoms with E-state index in [1.54, 1.807) is 14.1 Å². The monoisotopic (exact) mass is 242 g/mol. The van der Waals surface area contributed by atoms with Crippen molar-refractivity contribution in [2.45, 2.75) is 19.9 Å². The fourth-order valence-corrected chi connectivity index (χ4v) is 1.26. The molecule has 0 spiro atoms. The molecular formula is C10H15ClN4O. The molecule has 0 aliphatic rings. The van der Waals surface area contributed by atoms with Gasteiger partial charge in [0.25, 0.3) is 5.91 Å². The molecule has 0 aromatic carbocycles. The predicted molar refractivity (Wildman–Crippen MR) is 63.8 cm³/mol. The average Bonchev–Trinajstić information content (AvgIpc) is 2.19. The predicted octanol–water partition coefficient (Wildman–Crippen LogP) is 1.65. The Morgan fingerprint density at radius 3 is 2.56 bits per heavy atom. The van der Waals surface area contributed by atoms with Crippen molar-refractivity contribution in [2.75, 3.05) is 19.4 Å². The Kier molecular flexibility index (Phi) is 4.06. The van der Waals surface area contributed by atoms with Crippen molar-refractivity contribution in [1.82, 2.24) is 14.9 Å². The lowest BCUT2D eigenvalue weighted by Crippen LogP contribution is -2.23. The molecule has 1 N–H and O–H groups in total. The number of halogens is 1. The Labute approximate surface area is 99.8 Å². The minimum absolute atomic E-state index is 0.210. The Bertz CT molecular complexity index is 392. The van der Waals surface area contributed by atoms with Crippen LogP contribution in [0.2, 0.25) is 5.15 Å². The first-order chi connectivity index (χ1) is 7.41. The van der Waals surface area contributed by atoms with Gasteiger partial charge < -0.3 is 10.2 Å². The number of hydrogen-bond donors (Lipinski definition) is 1. The summed E-state index contributed by atoms with van der Waals surface area (Å²) in [5.41, 5.74) is 0.240. The average molecular weight is 243 g/mol. The van der Waals surface area contributed by atoms with Gasteiger partial charge in [-0.3, -0.25) is 4.79 Å². The number of carbonyl (C=O) groups excluding carboxylic acids is 1. The Hall–Kier alpha value is -1.36. The molecule has 1 aromatic rings. The zero-order valence-corrected chi connectivity index (χ0v) is 10.5. The van der Waals surface area contributed by atoms with Crippen LogP contribution in [-0.4, -0.2) is 40.9 Å². The third kappa shape index (κ3) is 3.06. The smallest absolute Gasteiger partial charge is 0.273 e. The van der Waals surface area contributed by atoms with Crippen molar-refractivity contribution in [3.05, 3.63) is 17.0 Å². The fraction of sp³-hybridized carbons (Fsp3) is 0.500.